The van der Waals surface area contributed by atoms with Crippen LogP contribution < -0.4 is 5.32 Å². The summed E-state index contributed by atoms with van der Waals surface area (Å²) in [5, 5.41) is 20.8. The molecule has 106 valence electrons. The van der Waals surface area contributed by atoms with E-state index in [4.69, 9.17) is 14.6 Å². The fourth-order valence-electron chi connectivity index (χ4n) is 1.56. The lowest BCUT2D eigenvalue weighted by Crippen LogP contribution is -2.51. The fourth-order valence-corrected chi connectivity index (χ4v) is 1.56. The molecule has 20 heavy (non-hydrogen) atoms. The molecular formula is C14H16N2O4. The first-order chi connectivity index (χ1) is 9.58. The topological polar surface area (TPSA) is 95.6 Å². The van der Waals surface area contributed by atoms with Crippen LogP contribution in [0.15, 0.2) is 41.0 Å². The summed E-state index contributed by atoms with van der Waals surface area (Å²) in [4.78, 5) is 16.1. The van der Waals surface area contributed by atoms with Gasteiger partial charge < -0.3 is 19.9 Å². The van der Waals surface area contributed by atoms with Crippen LogP contribution in [-0.2, 0) is 0 Å². The Kier molecular flexibility index (Phi) is 4.16. The predicted molar refractivity (Wildman–Crippen MR) is 72.0 cm³/mol. The molecule has 0 aliphatic rings. The molecule has 0 spiro atoms. The number of oxazole rings is 1. The first kappa shape index (κ1) is 14.2. The lowest BCUT2D eigenvalue weighted by molar-refractivity contribution is 0.0719. The Morgan fingerprint density at radius 1 is 1.30 bits per heavy atom. The van der Waals surface area contributed by atoms with Gasteiger partial charge >= 0.3 is 0 Å². The van der Waals surface area contributed by atoms with E-state index in [9.17, 15) is 4.79 Å². The summed E-state index contributed by atoms with van der Waals surface area (Å²) in [6.07, 6.45) is 1.24. The number of nitrogens with one attached hydrogen (secondary N) is 1. The van der Waals surface area contributed by atoms with Crippen molar-refractivity contribution in [1.82, 2.24) is 10.3 Å². The minimum atomic E-state index is -1.09. The highest BCUT2D eigenvalue weighted by molar-refractivity contribution is 5.92. The van der Waals surface area contributed by atoms with E-state index in [1.165, 1.54) is 13.2 Å². The minimum absolute atomic E-state index is 0.0944. The molecule has 6 heteroatoms. The molecule has 0 radical (unpaired) electrons. The monoisotopic (exact) mass is 276 g/mol. The summed E-state index contributed by atoms with van der Waals surface area (Å²) in [5.74, 6) is -0.174. The van der Waals surface area contributed by atoms with Crippen LogP contribution in [0.3, 0.4) is 0 Å². The van der Waals surface area contributed by atoms with Crippen molar-refractivity contribution in [3.63, 3.8) is 0 Å². The highest BCUT2D eigenvalue weighted by Gasteiger charge is 2.26. The number of aromatic nitrogens is 1. The van der Waals surface area contributed by atoms with Gasteiger partial charge in [-0.05, 0) is 19.1 Å². The van der Waals surface area contributed by atoms with Gasteiger partial charge in [0.15, 0.2) is 5.69 Å². The zero-order chi connectivity index (χ0) is 14.6. The molecular weight excluding hydrogens is 260 g/mol. The molecule has 0 aliphatic heterocycles. The van der Waals surface area contributed by atoms with Gasteiger partial charge in [0.2, 0.25) is 5.89 Å². The second kappa shape index (κ2) is 5.85. The van der Waals surface area contributed by atoms with Crippen LogP contribution in [0, 0.1) is 0 Å². The van der Waals surface area contributed by atoms with Gasteiger partial charge in [0.1, 0.15) is 6.26 Å². The van der Waals surface area contributed by atoms with Gasteiger partial charge in [-0.2, -0.15) is 0 Å². The summed E-state index contributed by atoms with van der Waals surface area (Å²) in [6, 6.07) is 9.19. The third-order valence-electron chi connectivity index (χ3n) is 2.87. The molecule has 1 heterocycles. The second-order valence-electron chi connectivity index (χ2n) is 4.73. The average Bonchev–Trinajstić information content (AvgIpc) is 2.98. The fraction of sp³-hybridized carbons (Fsp3) is 0.286. The first-order valence-electron chi connectivity index (χ1n) is 6.13. The standard InChI is InChI=1S/C14H16N2O4/c1-14(8-17,9-18)16-12(19)11-7-20-13(15-11)10-5-3-2-4-6-10/h2-7,17-18H,8-9H2,1H3,(H,16,19). The van der Waals surface area contributed by atoms with E-state index in [0.29, 0.717) is 5.89 Å². The minimum Gasteiger partial charge on any atom is -0.444 e. The van der Waals surface area contributed by atoms with Crippen LogP contribution >= 0.6 is 0 Å². The van der Waals surface area contributed by atoms with Crippen LogP contribution in [0.5, 0.6) is 0 Å². The van der Waals surface area contributed by atoms with Crippen molar-refractivity contribution >= 4 is 5.91 Å². The molecule has 0 atom stereocenters. The van der Waals surface area contributed by atoms with E-state index in [1.807, 2.05) is 30.3 Å². The highest BCUT2D eigenvalue weighted by atomic mass is 16.3. The smallest absolute Gasteiger partial charge is 0.273 e. The largest absolute Gasteiger partial charge is 0.444 e. The van der Waals surface area contributed by atoms with Crippen LogP contribution in [0.25, 0.3) is 11.5 Å². The maximum atomic E-state index is 12.0. The normalized spacial score (nSPS) is 11.3. The Balaban J connectivity index is 2.15. The van der Waals surface area contributed by atoms with E-state index in [-0.39, 0.29) is 18.9 Å². The Morgan fingerprint density at radius 3 is 2.55 bits per heavy atom. The van der Waals surface area contributed by atoms with Crippen molar-refractivity contribution in [3.8, 4) is 11.5 Å². The number of carbonyl (C=O) groups excluding carboxylic acids is 1. The van der Waals surface area contributed by atoms with E-state index < -0.39 is 11.4 Å². The van der Waals surface area contributed by atoms with Crippen molar-refractivity contribution in [2.45, 2.75) is 12.5 Å². The highest BCUT2D eigenvalue weighted by Crippen LogP contribution is 2.18. The molecule has 0 saturated heterocycles. The summed E-state index contributed by atoms with van der Waals surface area (Å²) in [7, 11) is 0. The maximum Gasteiger partial charge on any atom is 0.273 e. The van der Waals surface area contributed by atoms with Crippen LogP contribution in [0.1, 0.15) is 17.4 Å². The Labute approximate surface area is 116 Å². The number of benzene rings is 1. The number of rotatable bonds is 5. The molecule has 1 amide bonds. The van der Waals surface area contributed by atoms with Crippen molar-refractivity contribution in [2.75, 3.05) is 13.2 Å². The van der Waals surface area contributed by atoms with Crippen LogP contribution in [-0.4, -0.2) is 39.9 Å². The van der Waals surface area contributed by atoms with Crippen LogP contribution in [0.2, 0.25) is 0 Å². The molecule has 6 nitrogen and oxygen atoms in total. The molecule has 0 aliphatic carbocycles. The molecule has 3 N–H and O–H groups in total. The summed E-state index contributed by atoms with van der Waals surface area (Å²) in [6.45, 7) is 0.778. The molecule has 2 rings (SSSR count). The Hall–Kier alpha value is -2.18. The van der Waals surface area contributed by atoms with E-state index >= 15 is 0 Å². The summed E-state index contributed by atoms with van der Waals surface area (Å²) in [5.41, 5.74) is -0.237. The van der Waals surface area contributed by atoms with Crippen molar-refractivity contribution in [3.05, 3.63) is 42.3 Å². The quantitative estimate of drug-likeness (QED) is 0.751. The van der Waals surface area contributed by atoms with Crippen molar-refractivity contribution in [2.24, 2.45) is 0 Å². The summed E-state index contributed by atoms with van der Waals surface area (Å²) >= 11 is 0. The summed E-state index contributed by atoms with van der Waals surface area (Å²) < 4.78 is 5.26. The van der Waals surface area contributed by atoms with E-state index in [2.05, 4.69) is 10.3 Å². The van der Waals surface area contributed by atoms with Gasteiger partial charge in [-0.25, -0.2) is 4.98 Å². The van der Waals surface area contributed by atoms with Gasteiger partial charge in [0, 0.05) is 5.56 Å². The SMILES string of the molecule is CC(CO)(CO)NC(=O)c1coc(-c2ccccc2)n1. The molecule has 0 unspecified atom stereocenters. The number of carbonyl (C=O) groups is 1. The first-order valence-corrected chi connectivity index (χ1v) is 6.13. The second-order valence-corrected chi connectivity index (χ2v) is 4.73. The van der Waals surface area contributed by atoms with Gasteiger partial charge in [-0.3, -0.25) is 4.79 Å². The molecule has 1 aromatic heterocycles. The molecule has 0 fully saturated rings. The third-order valence-corrected chi connectivity index (χ3v) is 2.87. The van der Waals surface area contributed by atoms with E-state index in [1.54, 1.807) is 0 Å². The van der Waals surface area contributed by atoms with Gasteiger partial charge in [0.25, 0.3) is 5.91 Å². The zero-order valence-electron chi connectivity index (χ0n) is 11.0. The molecule has 2 aromatic rings. The number of nitrogens with zero attached hydrogens (tertiary/aromatic N) is 1. The Bertz CT molecular complexity index is 576. The number of hydrogen-bond donors (Lipinski definition) is 3. The third kappa shape index (κ3) is 3.04. The molecule has 0 bridgehead atoms. The van der Waals surface area contributed by atoms with Crippen molar-refractivity contribution in [1.29, 1.82) is 0 Å². The predicted octanol–water partition coefficient (Wildman–Crippen LogP) is 0.815. The molecule has 0 saturated carbocycles. The van der Waals surface area contributed by atoms with Gasteiger partial charge in [-0.15, -0.1) is 0 Å². The number of hydrogen-bond acceptors (Lipinski definition) is 5. The van der Waals surface area contributed by atoms with Gasteiger partial charge in [-0.1, -0.05) is 18.2 Å². The average molecular weight is 276 g/mol. The maximum absolute atomic E-state index is 12.0. The molecule has 1 aromatic carbocycles. The zero-order valence-corrected chi connectivity index (χ0v) is 11.0. The van der Waals surface area contributed by atoms with Crippen molar-refractivity contribution < 1.29 is 19.4 Å². The number of amides is 1. The Morgan fingerprint density at radius 2 is 1.95 bits per heavy atom. The van der Waals surface area contributed by atoms with Crippen LogP contribution in [0.4, 0.5) is 0 Å². The number of aliphatic hydroxyl groups excluding tert-OH is 2. The lowest BCUT2D eigenvalue weighted by Gasteiger charge is -2.25. The van der Waals surface area contributed by atoms with E-state index in [0.717, 1.165) is 5.56 Å². The lowest BCUT2D eigenvalue weighted by atomic mass is 10.1. The van der Waals surface area contributed by atoms with Gasteiger partial charge in [0.05, 0.1) is 18.8 Å². The number of aliphatic hydroxyl groups is 2.